The van der Waals surface area contributed by atoms with Crippen LogP contribution in [0.25, 0.3) is 6.08 Å². The van der Waals surface area contributed by atoms with Crippen LogP contribution in [0, 0.1) is 11.3 Å². The Morgan fingerprint density at radius 3 is 2.20 bits per heavy atom. The molecule has 0 heterocycles. The maximum Gasteiger partial charge on any atom is 0.387 e. The number of rotatable bonds is 9. The number of carbonyl (C=O) groups excluding carboxylic acids is 2. The minimum atomic E-state index is -2.97. The van der Waals surface area contributed by atoms with Crippen molar-refractivity contribution >= 4 is 17.8 Å². The first-order valence-electron chi connectivity index (χ1n) is 8.98. The van der Waals surface area contributed by atoms with Gasteiger partial charge < -0.3 is 14.2 Å². The van der Waals surface area contributed by atoms with Crippen LogP contribution in [0.3, 0.4) is 0 Å². The molecule has 0 aromatic heterocycles. The normalized spacial score (nSPS) is 12.1. The number of ether oxygens (including phenoxy) is 3. The molecule has 8 heteroatoms. The third kappa shape index (κ3) is 6.41. The Bertz CT molecular complexity index is 947. The second kappa shape index (κ2) is 10.7. The van der Waals surface area contributed by atoms with Gasteiger partial charge in [-0.25, -0.2) is 4.79 Å². The Balaban J connectivity index is 2.05. The molecule has 0 aliphatic rings. The lowest BCUT2D eigenvalue weighted by Crippen LogP contribution is -2.25. The van der Waals surface area contributed by atoms with Crippen molar-refractivity contribution < 1.29 is 32.6 Å². The third-order valence-electron chi connectivity index (χ3n) is 3.86. The van der Waals surface area contributed by atoms with Crippen molar-refractivity contribution in [3.63, 3.8) is 0 Å². The summed E-state index contributed by atoms with van der Waals surface area (Å²) < 4.78 is 39.0. The van der Waals surface area contributed by atoms with E-state index < -0.39 is 24.5 Å². The highest BCUT2D eigenvalue weighted by Gasteiger charge is 2.22. The van der Waals surface area contributed by atoms with Gasteiger partial charge in [0.25, 0.3) is 0 Å². The number of nitriles is 1. The SMILES string of the molecule is CCOc1ccc(/C=C(\C#N)C(=O)O[C@@H](C)C(=O)c2ccc(OC(F)F)cc2)cc1. The molecule has 0 radical (unpaired) electrons. The number of halogens is 2. The number of carbonyl (C=O) groups is 2. The predicted molar refractivity (Wildman–Crippen MR) is 104 cm³/mol. The summed E-state index contributed by atoms with van der Waals surface area (Å²) in [6.45, 7) is 0.748. The van der Waals surface area contributed by atoms with Crippen LogP contribution in [0.5, 0.6) is 11.5 Å². The van der Waals surface area contributed by atoms with Gasteiger partial charge in [-0.15, -0.1) is 0 Å². The van der Waals surface area contributed by atoms with Gasteiger partial charge in [0.2, 0.25) is 5.78 Å². The summed E-state index contributed by atoms with van der Waals surface area (Å²) >= 11 is 0. The van der Waals surface area contributed by atoms with Crippen LogP contribution < -0.4 is 9.47 Å². The Labute approximate surface area is 172 Å². The Kier molecular flexibility index (Phi) is 8.06. The lowest BCUT2D eigenvalue weighted by molar-refractivity contribution is -0.141. The van der Waals surface area contributed by atoms with E-state index in [1.807, 2.05) is 6.92 Å². The topological polar surface area (TPSA) is 85.6 Å². The van der Waals surface area contributed by atoms with Crippen LogP contribution in [-0.2, 0) is 9.53 Å². The van der Waals surface area contributed by atoms with E-state index in [1.165, 1.54) is 37.3 Å². The maximum atomic E-state index is 12.4. The third-order valence-corrected chi connectivity index (χ3v) is 3.86. The number of esters is 1. The van der Waals surface area contributed by atoms with Crippen molar-refractivity contribution in [2.75, 3.05) is 6.61 Å². The molecule has 2 aromatic carbocycles. The van der Waals surface area contributed by atoms with E-state index >= 15 is 0 Å². The van der Waals surface area contributed by atoms with Crippen molar-refractivity contribution in [1.29, 1.82) is 5.26 Å². The molecule has 2 rings (SSSR count). The van der Waals surface area contributed by atoms with Crippen molar-refractivity contribution in [3.05, 3.63) is 65.2 Å². The van der Waals surface area contributed by atoms with E-state index in [9.17, 15) is 23.6 Å². The summed E-state index contributed by atoms with van der Waals surface area (Å²) in [5.41, 5.74) is 0.450. The molecule has 0 saturated heterocycles. The van der Waals surface area contributed by atoms with Crippen LogP contribution in [0.1, 0.15) is 29.8 Å². The van der Waals surface area contributed by atoms with Gasteiger partial charge >= 0.3 is 12.6 Å². The minimum Gasteiger partial charge on any atom is -0.494 e. The average Bonchev–Trinajstić information content (AvgIpc) is 2.72. The first-order chi connectivity index (χ1) is 14.3. The standard InChI is InChI=1S/C22H19F2NO5/c1-3-28-18-8-4-15(5-9-18)12-17(13-25)21(27)29-14(2)20(26)16-6-10-19(11-7-16)30-22(23)24/h4-12,14,22H,3H2,1-2H3/b17-12+/t14-/m0/s1. The second-order valence-electron chi connectivity index (χ2n) is 5.99. The molecule has 0 spiro atoms. The van der Waals surface area contributed by atoms with Gasteiger partial charge in [-0.3, -0.25) is 4.79 Å². The highest BCUT2D eigenvalue weighted by atomic mass is 19.3. The maximum absolute atomic E-state index is 12.4. The first-order valence-corrected chi connectivity index (χ1v) is 8.98. The van der Waals surface area contributed by atoms with Gasteiger partial charge in [-0.2, -0.15) is 14.0 Å². The Morgan fingerprint density at radius 1 is 1.07 bits per heavy atom. The van der Waals surface area contributed by atoms with Gasteiger partial charge in [0.1, 0.15) is 23.1 Å². The molecule has 0 fully saturated rings. The fraction of sp³-hybridized carbons (Fsp3) is 0.227. The number of Topliss-reactive ketones (excluding diaryl/α,β-unsaturated/α-hetero) is 1. The summed E-state index contributed by atoms with van der Waals surface area (Å²) in [5.74, 6) is -0.952. The van der Waals surface area contributed by atoms with E-state index in [1.54, 1.807) is 30.3 Å². The van der Waals surface area contributed by atoms with Crippen molar-refractivity contribution in [3.8, 4) is 17.6 Å². The number of benzene rings is 2. The molecular formula is C22H19F2NO5. The lowest BCUT2D eigenvalue weighted by Gasteiger charge is -2.12. The predicted octanol–water partition coefficient (Wildman–Crippen LogP) is 4.41. The van der Waals surface area contributed by atoms with E-state index in [0.29, 0.717) is 17.9 Å². The zero-order valence-electron chi connectivity index (χ0n) is 16.3. The molecule has 0 saturated carbocycles. The fourth-order valence-electron chi connectivity index (χ4n) is 2.44. The highest BCUT2D eigenvalue weighted by molar-refractivity contribution is 6.03. The Morgan fingerprint density at radius 2 is 1.67 bits per heavy atom. The van der Waals surface area contributed by atoms with Crippen LogP contribution >= 0.6 is 0 Å². The zero-order chi connectivity index (χ0) is 22.1. The van der Waals surface area contributed by atoms with E-state index in [2.05, 4.69) is 4.74 Å². The number of alkyl halides is 2. The van der Waals surface area contributed by atoms with Gasteiger partial charge in [-0.1, -0.05) is 12.1 Å². The fourth-order valence-corrected chi connectivity index (χ4v) is 2.44. The monoisotopic (exact) mass is 415 g/mol. The van der Waals surface area contributed by atoms with Crippen LogP contribution in [0.4, 0.5) is 8.78 Å². The summed E-state index contributed by atoms with van der Waals surface area (Å²) in [5, 5.41) is 9.26. The molecule has 6 nitrogen and oxygen atoms in total. The largest absolute Gasteiger partial charge is 0.494 e. The molecule has 0 amide bonds. The summed E-state index contributed by atoms with van der Waals surface area (Å²) in [6, 6.07) is 13.5. The van der Waals surface area contributed by atoms with Crippen molar-refractivity contribution in [2.24, 2.45) is 0 Å². The highest BCUT2D eigenvalue weighted by Crippen LogP contribution is 2.18. The Hall–Kier alpha value is -3.73. The molecule has 0 aliphatic carbocycles. The van der Waals surface area contributed by atoms with Gasteiger partial charge in [0.15, 0.2) is 6.10 Å². The number of hydrogen-bond acceptors (Lipinski definition) is 6. The van der Waals surface area contributed by atoms with Crippen LogP contribution in [0.15, 0.2) is 54.1 Å². The molecule has 0 unspecified atom stereocenters. The lowest BCUT2D eigenvalue weighted by atomic mass is 10.1. The van der Waals surface area contributed by atoms with Gasteiger partial charge in [0, 0.05) is 5.56 Å². The second-order valence-corrected chi connectivity index (χ2v) is 5.99. The van der Waals surface area contributed by atoms with Crippen molar-refractivity contribution in [2.45, 2.75) is 26.6 Å². The van der Waals surface area contributed by atoms with Gasteiger partial charge in [0.05, 0.1) is 6.61 Å². The van der Waals surface area contributed by atoms with E-state index in [0.717, 1.165) is 0 Å². The molecule has 0 bridgehead atoms. The number of nitrogens with zero attached hydrogens (tertiary/aromatic N) is 1. The molecule has 0 aliphatic heterocycles. The average molecular weight is 415 g/mol. The molecule has 2 aromatic rings. The molecule has 0 N–H and O–H groups in total. The molecule has 156 valence electrons. The first kappa shape index (κ1) is 22.6. The summed E-state index contributed by atoms with van der Waals surface area (Å²) in [4.78, 5) is 24.7. The van der Waals surface area contributed by atoms with Crippen molar-refractivity contribution in [1.82, 2.24) is 0 Å². The van der Waals surface area contributed by atoms with E-state index in [4.69, 9.17) is 9.47 Å². The molecular weight excluding hydrogens is 396 g/mol. The van der Waals surface area contributed by atoms with Crippen LogP contribution in [-0.4, -0.2) is 31.1 Å². The molecule has 30 heavy (non-hydrogen) atoms. The summed E-state index contributed by atoms with van der Waals surface area (Å²) in [7, 11) is 0. The quantitative estimate of drug-likeness (QED) is 0.261. The van der Waals surface area contributed by atoms with Gasteiger partial charge in [-0.05, 0) is 61.9 Å². The zero-order valence-corrected chi connectivity index (χ0v) is 16.3. The molecule has 1 atom stereocenters. The summed E-state index contributed by atoms with van der Waals surface area (Å²) in [6.07, 6.45) is 0.155. The number of hydrogen-bond donors (Lipinski definition) is 0. The van der Waals surface area contributed by atoms with Crippen LogP contribution in [0.2, 0.25) is 0 Å². The minimum absolute atomic E-state index is 0.101. The van der Waals surface area contributed by atoms with E-state index in [-0.39, 0.29) is 16.9 Å². The number of ketones is 1. The smallest absolute Gasteiger partial charge is 0.387 e.